The van der Waals surface area contributed by atoms with Crippen LogP contribution in [-0.2, 0) is 22.4 Å². The van der Waals surface area contributed by atoms with E-state index in [4.69, 9.17) is 0 Å². The minimum absolute atomic E-state index is 0.0825. The number of halogens is 15. The number of rotatable bonds is 10. The van der Waals surface area contributed by atoms with Crippen molar-refractivity contribution in [2.45, 2.75) is 11.5 Å². The van der Waals surface area contributed by atoms with Gasteiger partial charge in [-0.15, -0.1) is 16.4 Å². The maximum Gasteiger partial charge on any atom is 0.200 e. The Kier molecular flexibility index (Phi) is 11.6. The van der Waals surface area contributed by atoms with Gasteiger partial charge in [0.05, 0.1) is 0 Å². The fraction of sp³-hybridized carbons (Fsp3) is 0.0500. The number of hydrogen-bond acceptors (Lipinski definition) is 0. The first-order chi connectivity index (χ1) is 27.0. The van der Waals surface area contributed by atoms with Crippen molar-refractivity contribution in [1.82, 2.24) is 0 Å². The van der Waals surface area contributed by atoms with Crippen LogP contribution in [-0.4, -0.2) is 6.15 Å². The Morgan fingerprint density at radius 3 is 0.877 bits per heavy atom. The van der Waals surface area contributed by atoms with Crippen molar-refractivity contribution < 1.29 is 65.9 Å². The normalized spacial score (nSPS) is 12.2. The average molecular weight is 828 g/mol. The highest BCUT2D eigenvalue weighted by molar-refractivity contribution is 8.04. The summed E-state index contributed by atoms with van der Waals surface area (Å²) in [4.78, 5) is -0.555. The Hall–Kier alpha value is -5.58. The Morgan fingerprint density at radius 1 is 0.351 bits per heavy atom. The molecule has 0 bridgehead atoms. The molecule has 6 aromatic rings. The Labute approximate surface area is 316 Å². The largest absolute Gasteiger partial charge is 0.207 e. The molecule has 0 aliphatic rings. The molecular weight excluding hydrogens is 808 g/mol. The SMILES string of the molecule is Fc1c(F)c(F)c([B-](/C=C(\c2ccccc2)[S+](Cc2ccccc2)Cc2ccccc2)(c2c(F)c(F)c(F)c(F)c2F)c2c(F)c(F)c(F)c(F)c2F)c(F)c1F. The summed E-state index contributed by atoms with van der Waals surface area (Å²) in [5, 5.41) is 0. The molecule has 0 nitrogen and oxygen atoms in total. The fourth-order valence-electron chi connectivity index (χ4n) is 6.69. The minimum atomic E-state index is -5.94. The van der Waals surface area contributed by atoms with Crippen molar-refractivity contribution in [3.8, 4) is 0 Å². The zero-order chi connectivity index (χ0) is 41.5. The molecule has 0 saturated carbocycles. The van der Waals surface area contributed by atoms with E-state index in [-0.39, 0.29) is 23.0 Å². The molecule has 0 saturated heterocycles. The molecule has 0 unspecified atom stereocenters. The average Bonchev–Trinajstić information content (AvgIpc) is 3.22. The van der Waals surface area contributed by atoms with Gasteiger partial charge in [0, 0.05) is 27.6 Å². The van der Waals surface area contributed by atoms with Gasteiger partial charge in [0.25, 0.3) is 0 Å². The van der Waals surface area contributed by atoms with E-state index in [0.717, 1.165) is 0 Å². The first kappa shape index (κ1) is 41.1. The first-order valence-electron chi connectivity index (χ1n) is 16.3. The van der Waals surface area contributed by atoms with Gasteiger partial charge < -0.3 is 0 Å². The maximum absolute atomic E-state index is 16.4. The summed E-state index contributed by atoms with van der Waals surface area (Å²) in [5.41, 5.74) is -7.39. The van der Waals surface area contributed by atoms with Crippen LogP contribution >= 0.6 is 0 Å². The maximum atomic E-state index is 16.4. The monoisotopic (exact) mass is 828 g/mol. The summed E-state index contributed by atoms with van der Waals surface area (Å²) < 4.78 is 234. The second kappa shape index (κ2) is 16.1. The van der Waals surface area contributed by atoms with Crippen LogP contribution in [0.25, 0.3) is 4.91 Å². The second-order valence-corrected chi connectivity index (χ2v) is 14.5. The lowest BCUT2D eigenvalue weighted by Crippen LogP contribution is -2.72. The van der Waals surface area contributed by atoms with Gasteiger partial charge in [-0.2, -0.15) is 5.98 Å². The highest BCUT2D eigenvalue weighted by Gasteiger charge is 2.48. The van der Waals surface area contributed by atoms with E-state index in [0.29, 0.717) is 11.1 Å². The molecule has 0 N–H and O–H groups in total. The molecule has 57 heavy (non-hydrogen) atoms. The molecule has 0 heterocycles. The van der Waals surface area contributed by atoms with Crippen molar-refractivity contribution in [3.05, 3.63) is 201 Å². The summed E-state index contributed by atoms with van der Waals surface area (Å²) in [6.07, 6.45) is -5.94. The van der Waals surface area contributed by atoms with Crippen LogP contribution in [0.5, 0.6) is 0 Å². The summed E-state index contributed by atoms with van der Waals surface area (Å²) >= 11 is 0. The van der Waals surface area contributed by atoms with Crippen molar-refractivity contribution in [3.63, 3.8) is 0 Å². The molecular formula is C40H20BF15S. The van der Waals surface area contributed by atoms with E-state index >= 15 is 52.7 Å². The highest BCUT2D eigenvalue weighted by Crippen LogP contribution is 2.35. The molecule has 17 heteroatoms. The van der Waals surface area contributed by atoms with Crippen LogP contribution in [0.15, 0.2) is 97.0 Å². The summed E-state index contributed by atoms with van der Waals surface area (Å²) in [6, 6.07) is 21.9. The Balaban J connectivity index is 1.97. The van der Waals surface area contributed by atoms with Crippen molar-refractivity contribution in [2.24, 2.45) is 0 Å². The van der Waals surface area contributed by atoms with Gasteiger partial charge in [0.1, 0.15) is 57.5 Å². The minimum Gasteiger partial charge on any atom is -0.207 e. The van der Waals surface area contributed by atoms with Gasteiger partial charge in [-0.05, 0) is 0 Å². The Morgan fingerprint density at radius 2 is 0.596 bits per heavy atom. The van der Waals surface area contributed by atoms with E-state index in [1.807, 2.05) is 0 Å². The standard InChI is InChI=1S/C40H20BF15S/c42-26-23(27(43)33(49)38(54)32(26)48)41(24-28(44)34(50)39(55)35(51)29(24)45,25-30(46)36(52)40(56)37(53)31(25)47)16-22(21-14-8-3-9-15-21)57(17-19-10-4-1-5-11-19)18-20-12-6-2-7-13-20/h1-16H,17-18H2/b22-16+. The van der Waals surface area contributed by atoms with Crippen LogP contribution in [0, 0.1) is 87.3 Å². The summed E-state index contributed by atoms with van der Waals surface area (Å²) in [6.45, 7) is 0. The second-order valence-electron chi connectivity index (χ2n) is 12.5. The smallest absolute Gasteiger partial charge is 0.200 e. The fourth-order valence-corrected chi connectivity index (χ4v) is 9.16. The predicted octanol–water partition coefficient (Wildman–Crippen LogP) is 9.84. The molecule has 294 valence electrons. The Bertz CT molecular complexity index is 2240. The van der Waals surface area contributed by atoms with E-state index < -0.39 is 126 Å². The zero-order valence-electron chi connectivity index (χ0n) is 28.3. The van der Waals surface area contributed by atoms with Gasteiger partial charge >= 0.3 is 0 Å². The van der Waals surface area contributed by atoms with Crippen LogP contribution in [0.4, 0.5) is 65.9 Å². The lowest BCUT2D eigenvalue weighted by molar-refractivity contribution is 0.380. The lowest BCUT2D eigenvalue weighted by atomic mass is 9.15. The highest BCUT2D eigenvalue weighted by atomic mass is 32.2. The van der Waals surface area contributed by atoms with Crippen molar-refractivity contribution in [1.29, 1.82) is 0 Å². The number of benzene rings is 6. The van der Waals surface area contributed by atoms with E-state index in [2.05, 4.69) is 0 Å². The predicted molar refractivity (Wildman–Crippen MR) is 185 cm³/mol. The van der Waals surface area contributed by atoms with Gasteiger partial charge in [-0.3, -0.25) is 0 Å². The topological polar surface area (TPSA) is 0 Å². The zero-order valence-corrected chi connectivity index (χ0v) is 29.1. The molecule has 0 aromatic heterocycles. The van der Waals surface area contributed by atoms with Crippen molar-refractivity contribution in [2.75, 3.05) is 0 Å². The van der Waals surface area contributed by atoms with Gasteiger partial charge in [-0.25, -0.2) is 65.9 Å². The van der Waals surface area contributed by atoms with E-state index in [1.54, 1.807) is 60.7 Å². The molecule has 0 aliphatic heterocycles. The molecule has 0 spiro atoms. The molecule has 6 rings (SSSR count). The van der Waals surface area contributed by atoms with Crippen molar-refractivity contribution >= 4 is 38.3 Å². The molecule has 0 fully saturated rings. The summed E-state index contributed by atoms with van der Waals surface area (Å²) in [7, 11) is -1.71. The third-order valence-electron chi connectivity index (χ3n) is 9.24. The lowest BCUT2D eigenvalue weighted by Gasteiger charge is -2.41. The molecule has 6 aromatic carbocycles. The van der Waals surface area contributed by atoms with Crippen LogP contribution in [0.3, 0.4) is 0 Å². The van der Waals surface area contributed by atoms with Gasteiger partial charge in [0.15, 0.2) is 52.4 Å². The van der Waals surface area contributed by atoms with E-state index in [9.17, 15) is 13.2 Å². The van der Waals surface area contributed by atoms with E-state index in [1.165, 1.54) is 30.3 Å². The third-order valence-corrected chi connectivity index (χ3v) is 11.6. The third kappa shape index (κ3) is 7.06. The van der Waals surface area contributed by atoms with Crippen LogP contribution in [0.1, 0.15) is 16.7 Å². The van der Waals surface area contributed by atoms with Crippen LogP contribution in [0.2, 0.25) is 0 Å². The quantitative estimate of drug-likeness (QED) is 0.0425. The van der Waals surface area contributed by atoms with Crippen LogP contribution < -0.4 is 16.4 Å². The molecule has 0 atom stereocenters. The molecule has 0 amide bonds. The number of hydrogen-bond donors (Lipinski definition) is 0. The summed E-state index contributed by atoms with van der Waals surface area (Å²) in [5.74, 6) is -46.0. The first-order valence-corrected chi connectivity index (χ1v) is 17.9. The molecule has 0 aliphatic carbocycles. The van der Waals surface area contributed by atoms with Gasteiger partial charge in [-0.1, -0.05) is 91.0 Å². The molecule has 0 radical (unpaired) electrons. The van der Waals surface area contributed by atoms with Gasteiger partial charge in [0.2, 0.25) is 0 Å².